The third-order valence-corrected chi connectivity index (χ3v) is 1.90. The van der Waals surface area contributed by atoms with Gasteiger partial charge in [0.05, 0.1) is 11.9 Å². The Morgan fingerprint density at radius 2 is 2.38 bits per heavy atom. The van der Waals surface area contributed by atoms with Crippen molar-refractivity contribution >= 4 is 23.9 Å². The molecule has 2 N–H and O–H groups in total. The van der Waals surface area contributed by atoms with Crippen LogP contribution in [0.2, 0.25) is 0 Å². The number of Topliss-reactive ketones (excluding diaryl/α,β-unsaturated/α-hetero) is 1. The lowest BCUT2D eigenvalue weighted by molar-refractivity contribution is 0.0935. The van der Waals surface area contributed by atoms with Gasteiger partial charge in [-0.15, -0.1) is 0 Å². The Morgan fingerprint density at radius 3 is 3.00 bits per heavy atom. The summed E-state index contributed by atoms with van der Waals surface area (Å²) in [6, 6.07) is 3.45. The molecular weight excluding hydrogens is 204 g/mol. The number of nitrogens with zero attached hydrogens (tertiary/aromatic N) is 2. The number of hydrazone groups is 1. The van der Waals surface area contributed by atoms with Crippen LogP contribution in [0.1, 0.15) is 24.3 Å². The molecule has 0 aromatic carbocycles. The van der Waals surface area contributed by atoms with Gasteiger partial charge in [0.25, 0.3) is 0 Å². The fourth-order valence-electron chi connectivity index (χ4n) is 1.11. The van der Waals surface area contributed by atoms with Gasteiger partial charge in [-0.3, -0.25) is 15.2 Å². The van der Waals surface area contributed by atoms with Crippen LogP contribution in [0, 0.1) is 11.3 Å². The lowest BCUT2D eigenvalue weighted by atomic mass is 10.0. The van der Waals surface area contributed by atoms with E-state index in [4.69, 9.17) is 5.41 Å². The molecule has 0 aliphatic carbocycles. The number of hydrogen-bond acceptors (Lipinski definition) is 5. The molecule has 84 valence electrons. The predicted molar refractivity (Wildman–Crippen MR) is 64.3 cm³/mol. The lowest BCUT2D eigenvalue weighted by Gasteiger charge is -2.08. The van der Waals surface area contributed by atoms with Gasteiger partial charge in [-0.25, -0.2) is 0 Å². The summed E-state index contributed by atoms with van der Waals surface area (Å²) >= 11 is 0. The van der Waals surface area contributed by atoms with Gasteiger partial charge < -0.3 is 5.41 Å². The Balaban J connectivity index is 2.95. The highest BCUT2D eigenvalue weighted by atomic mass is 16.1. The monoisotopic (exact) mass is 218 g/mol. The molecule has 0 fully saturated rings. The van der Waals surface area contributed by atoms with Crippen LogP contribution in [-0.2, 0) is 0 Å². The molecule has 0 amide bonds. The van der Waals surface area contributed by atoms with Crippen molar-refractivity contribution in [2.45, 2.75) is 13.8 Å². The van der Waals surface area contributed by atoms with Gasteiger partial charge in [0.15, 0.2) is 5.78 Å². The molecule has 0 aliphatic heterocycles. The molecule has 0 spiro atoms. The van der Waals surface area contributed by atoms with Crippen molar-refractivity contribution in [3.8, 4) is 0 Å². The first kappa shape index (κ1) is 12.0. The number of nitrogens with one attached hydrogen (secondary N) is 2. The van der Waals surface area contributed by atoms with Crippen LogP contribution >= 0.6 is 0 Å². The van der Waals surface area contributed by atoms with Crippen LogP contribution in [0.4, 0.5) is 5.69 Å². The van der Waals surface area contributed by atoms with Crippen LogP contribution in [0.15, 0.2) is 23.4 Å². The summed E-state index contributed by atoms with van der Waals surface area (Å²) in [4.78, 5) is 15.8. The van der Waals surface area contributed by atoms with Crippen molar-refractivity contribution in [3.05, 3.63) is 24.0 Å². The molecule has 0 atom stereocenters. The van der Waals surface area contributed by atoms with Crippen molar-refractivity contribution < 1.29 is 4.79 Å². The highest BCUT2D eigenvalue weighted by Crippen LogP contribution is 2.16. The van der Waals surface area contributed by atoms with Gasteiger partial charge >= 0.3 is 0 Å². The second-order valence-electron chi connectivity index (χ2n) is 3.48. The standard InChI is InChI=1S/C11H14N4O/c1-8(2)11(16)10-9(4-3-6-13-10)15-14-7-5-12/h3-8,12,15H,1-2H3/b12-5?,14-7-. The van der Waals surface area contributed by atoms with Gasteiger partial charge in [0.2, 0.25) is 0 Å². The highest BCUT2D eigenvalue weighted by Gasteiger charge is 2.15. The van der Waals surface area contributed by atoms with E-state index >= 15 is 0 Å². The number of pyridine rings is 1. The summed E-state index contributed by atoms with van der Waals surface area (Å²) in [5.41, 5.74) is 3.61. The number of carbonyl (C=O) groups excluding carboxylic acids is 1. The smallest absolute Gasteiger partial charge is 0.185 e. The van der Waals surface area contributed by atoms with Crippen LogP contribution in [0.3, 0.4) is 0 Å². The number of hydrogen-bond donors (Lipinski definition) is 2. The van der Waals surface area contributed by atoms with Gasteiger partial charge in [-0.2, -0.15) is 5.10 Å². The minimum atomic E-state index is -0.109. The predicted octanol–water partition coefficient (Wildman–Crippen LogP) is 1.97. The Kier molecular flexibility index (Phi) is 4.32. The lowest BCUT2D eigenvalue weighted by Crippen LogP contribution is -2.12. The summed E-state index contributed by atoms with van der Waals surface area (Å²) in [5, 5.41) is 10.5. The molecule has 1 aromatic rings. The average molecular weight is 218 g/mol. The fraction of sp³-hybridized carbons (Fsp3) is 0.273. The molecule has 5 nitrogen and oxygen atoms in total. The number of aromatic nitrogens is 1. The van der Waals surface area contributed by atoms with Crippen molar-refractivity contribution in [2.75, 3.05) is 5.43 Å². The molecule has 0 saturated heterocycles. The van der Waals surface area contributed by atoms with Crippen molar-refractivity contribution in [3.63, 3.8) is 0 Å². The quantitative estimate of drug-likeness (QED) is 0.450. The van der Waals surface area contributed by atoms with Crippen LogP contribution in [0.25, 0.3) is 0 Å². The molecule has 0 radical (unpaired) electrons. The molecular formula is C11H14N4O. The van der Waals surface area contributed by atoms with Crippen molar-refractivity contribution in [1.82, 2.24) is 4.98 Å². The normalized spacial score (nSPS) is 10.7. The molecule has 0 saturated carbocycles. The third-order valence-electron chi connectivity index (χ3n) is 1.90. The van der Waals surface area contributed by atoms with E-state index in [1.54, 1.807) is 18.3 Å². The Bertz CT molecular complexity index is 412. The minimum absolute atomic E-state index is 0.0341. The first-order valence-electron chi connectivity index (χ1n) is 4.94. The summed E-state index contributed by atoms with van der Waals surface area (Å²) in [5.74, 6) is -0.143. The van der Waals surface area contributed by atoms with Gasteiger partial charge in [-0.1, -0.05) is 13.8 Å². The van der Waals surface area contributed by atoms with Gasteiger partial charge in [0, 0.05) is 18.3 Å². The summed E-state index contributed by atoms with van der Waals surface area (Å²) in [7, 11) is 0. The Hall–Kier alpha value is -2.04. The molecule has 0 aliphatic rings. The second-order valence-corrected chi connectivity index (χ2v) is 3.48. The van der Waals surface area contributed by atoms with E-state index in [-0.39, 0.29) is 11.7 Å². The van der Waals surface area contributed by atoms with E-state index in [0.717, 1.165) is 6.21 Å². The van der Waals surface area contributed by atoms with Crippen molar-refractivity contribution in [1.29, 1.82) is 5.41 Å². The maximum Gasteiger partial charge on any atom is 0.185 e. The zero-order valence-electron chi connectivity index (χ0n) is 9.27. The number of rotatable bonds is 5. The largest absolute Gasteiger partial charge is 0.307 e. The molecule has 1 aromatic heterocycles. The Labute approximate surface area is 94.1 Å². The van der Waals surface area contributed by atoms with Crippen LogP contribution in [-0.4, -0.2) is 23.2 Å². The average Bonchev–Trinajstić information content (AvgIpc) is 2.29. The SMILES string of the molecule is CC(C)C(=O)c1ncccc1N/N=C\C=N. The number of anilines is 1. The van der Waals surface area contributed by atoms with E-state index in [0.29, 0.717) is 11.4 Å². The molecule has 0 unspecified atom stereocenters. The summed E-state index contributed by atoms with van der Waals surface area (Å²) in [6.45, 7) is 3.64. The molecule has 1 heterocycles. The third kappa shape index (κ3) is 2.98. The fourth-order valence-corrected chi connectivity index (χ4v) is 1.11. The topological polar surface area (TPSA) is 78.2 Å². The van der Waals surface area contributed by atoms with Crippen molar-refractivity contribution in [2.24, 2.45) is 11.0 Å². The zero-order valence-corrected chi connectivity index (χ0v) is 9.27. The maximum absolute atomic E-state index is 11.8. The van der Waals surface area contributed by atoms with Gasteiger partial charge in [-0.05, 0) is 12.1 Å². The van der Waals surface area contributed by atoms with Crippen LogP contribution in [0.5, 0.6) is 0 Å². The molecule has 1 rings (SSSR count). The first-order chi connectivity index (χ1) is 7.66. The maximum atomic E-state index is 11.8. The number of ketones is 1. The van der Waals surface area contributed by atoms with E-state index in [9.17, 15) is 4.79 Å². The second kappa shape index (κ2) is 5.75. The zero-order chi connectivity index (χ0) is 12.0. The Morgan fingerprint density at radius 1 is 1.62 bits per heavy atom. The number of carbonyl (C=O) groups is 1. The van der Waals surface area contributed by atoms with E-state index in [1.807, 2.05) is 13.8 Å². The van der Waals surface area contributed by atoms with E-state index in [1.165, 1.54) is 6.21 Å². The molecule has 0 bridgehead atoms. The summed E-state index contributed by atoms with van der Waals surface area (Å²) < 4.78 is 0. The summed E-state index contributed by atoms with van der Waals surface area (Å²) in [6.07, 6.45) is 3.91. The van der Waals surface area contributed by atoms with E-state index in [2.05, 4.69) is 15.5 Å². The molecule has 16 heavy (non-hydrogen) atoms. The van der Waals surface area contributed by atoms with Gasteiger partial charge in [0.1, 0.15) is 5.69 Å². The molecule has 5 heteroatoms. The highest BCUT2D eigenvalue weighted by molar-refractivity contribution is 6.14. The minimum Gasteiger partial charge on any atom is -0.307 e. The van der Waals surface area contributed by atoms with E-state index < -0.39 is 0 Å². The first-order valence-corrected chi connectivity index (χ1v) is 4.94. The van der Waals surface area contributed by atoms with Crippen LogP contribution < -0.4 is 5.43 Å².